The maximum Gasteiger partial charge on any atom is 0.266 e. The normalized spacial score (nSPS) is 10.9. The molecule has 0 fully saturated rings. The Morgan fingerprint density at radius 1 is 1.15 bits per heavy atom. The van der Waals surface area contributed by atoms with Crippen LogP contribution in [0, 0.1) is 14.9 Å². The van der Waals surface area contributed by atoms with Crippen molar-refractivity contribution in [3.05, 3.63) is 85.4 Å². The largest absolute Gasteiger partial charge is 0.508 e. The van der Waals surface area contributed by atoms with Crippen LogP contribution in [-0.4, -0.2) is 17.6 Å². The number of benzene rings is 3. The van der Waals surface area contributed by atoms with Crippen molar-refractivity contribution >= 4 is 56.2 Å². The SMILES string of the molecule is CCOc1cc(/C=C(/C#N)C(=O)Nc2ccc(O)cc2)cc(I)c1OCc1ccc(Br)cc1. The Labute approximate surface area is 214 Å². The molecule has 0 aliphatic heterocycles. The Morgan fingerprint density at radius 2 is 1.85 bits per heavy atom. The predicted octanol–water partition coefficient (Wildman–Crippen LogP) is 6.28. The van der Waals surface area contributed by atoms with Crippen molar-refractivity contribution in [2.75, 3.05) is 11.9 Å². The molecule has 0 aliphatic carbocycles. The van der Waals surface area contributed by atoms with Gasteiger partial charge in [-0.3, -0.25) is 4.79 Å². The lowest BCUT2D eigenvalue weighted by Crippen LogP contribution is -2.13. The first-order chi connectivity index (χ1) is 15.9. The molecule has 2 N–H and O–H groups in total. The number of phenols is 1. The first-order valence-corrected chi connectivity index (χ1v) is 11.8. The van der Waals surface area contributed by atoms with Crippen LogP contribution < -0.4 is 14.8 Å². The van der Waals surface area contributed by atoms with Crippen LogP contribution in [0.25, 0.3) is 6.08 Å². The van der Waals surface area contributed by atoms with Crippen LogP contribution in [0.2, 0.25) is 0 Å². The second kappa shape index (κ2) is 11.7. The van der Waals surface area contributed by atoms with Crippen LogP contribution in [0.4, 0.5) is 5.69 Å². The summed E-state index contributed by atoms with van der Waals surface area (Å²) >= 11 is 5.57. The lowest BCUT2D eigenvalue weighted by molar-refractivity contribution is -0.112. The van der Waals surface area contributed by atoms with Gasteiger partial charge in [0.15, 0.2) is 11.5 Å². The Balaban J connectivity index is 1.83. The average molecular weight is 619 g/mol. The summed E-state index contributed by atoms with van der Waals surface area (Å²) in [4.78, 5) is 12.6. The van der Waals surface area contributed by atoms with Crippen molar-refractivity contribution in [1.82, 2.24) is 0 Å². The zero-order valence-electron chi connectivity index (χ0n) is 17.6. The van der Waals surface area contributed by atoms with Crippen LogP contribution in [0.3, 0.4) is 0 Å². The maximum atomic E-state index is 12.6. The van der Waals surface area contributed by atoms with Crippen molar-refractivity contribution < 1.29 is 19.4 Å². The van der Waals surface area contributed by atoms with Crippen molar-refractivity contribution in [3.8, 4) is 23.3 Å². The van der Waals surface area contributed by atoms with Gasteiger partial charge in [-0.15, -0.1) is 0 Å². The fourth-order valence-electron chi connectivity index (χ4n) is 2.87. The van der Waals surface area contributed by atoms with Gasteiger partial charge in [0.25, 0.3) is 5.91 Å². The summed E-state index contributed by atoms with van der Waals surface area (Å²) in [7, 11) is 0. The minimum Gasteiger partial charge on any atom is -0.508 e. The molecule has 0 aromatic heterocycles. The van der Waals surface area contributed by atoms with Gasteiger partial charge < -0.3 is 19.9 Å². The number of amides is 1. The van der Waals surface area contributed by atoms with E-state index < -0.39 is 5.91 Å². The number of nitriles is 1. The summed E-state index contributed by atoms with van der Waals surface area (Å²) in [6.07, 6.45) is 1.50. The molecule has 0 aliphatic rings. The molecule has 0 bridgehead atoms. The molecule has 3 rings (SSSR count). The van der Waals surface area contributed by atoms with Gasteiger partial charge >= 0.3 is 0 Å². The Bertz CT molecular complexity index is 1200. The van der Waals surface area contributed by atoms with Gasteiger partial charge in [0.05, 0.1) is 10.2 Å². The summed E-state index contributed by atoms with van der Waals surface area (Å²) in [6, 6.07) is 19.4. The van der Waals surface area contributed by atoms with Gasteiger partial charge in [-0.05, 0) is 95.2 Å². The molecule has 0 spiro atoms. The zero-order valence-corrected chi connectivity index (χ0v) is 21.4. The molecule has 0 saturated heterocycles. The number of hydrogen-bond acceptors (Lipinski definition) is 5. The van der Waals surface area contributed by atoms with E-state index in [-0.39, 0.29) is 11.3 Å². The number of aromatic hydroxyl groups is 1. The van der Waals surface area contributed by atoms with Crippen LogP contribution >= 0.6 is 38.5 Å². The summed E-state index contributed by atoms with van der Waals surface area (Å²) in [5.41, 5.74) is 2.06. The van der Waals surface area contributed by atoms with E-state index in [1.54, 1.807) is 18.2 Å². The monoisotopic (exact) mass is 618 g/mol. The molecule has 0 atom stereocenters. The summed E-state index contributed by atoms with van der Waals surface area (Å²) < 4.78 is 13.6. The summed E-state index contributed by atoms with van der Waals surface area (Å²) in [5.74, 6) is 0.671. The third-order valence-corrected chi connectivity index (χ3v) is 5.76. The van der Waals surface area contributed by atoms with Crippen molar-refractivity contribution in [1.29, 1.82) is 5.26 Å². The Morgan fingerprint density at radius 3 is 2.48 bits per heavy atom. The number of halogens is 2. The van der Waals surface area contributed by atoms with Gasteiger partial charge in [0, 0.05) is 10.2 Å². The molecule has 6 nitrogen and oxygen atoms in total. The molecule has 1 amide bonds. The number of hydrogen-bond donors (Lipinski definition) is 2. The fraction of sp³-hybridized carbons (Fsp3) is 0.120. The topological polar surface area (TPSA) is 91.6 Å². The lowest BCUT2D eigenvalue weighted by atomic mass is 10.1. The second-order valence-electron chi connectivity index (χ2n) is 6.85. The van der Waals surface area contributed by atoms with E-state index in [0.29, 0.717) is 36.0 Å². The molecular formula is C25H20BrIN2O4. The van der Waals surface area contributed by atoms with E-state index in [1.165, 1.54) is 18.2 Å². The molecule has 33 heavy (non-hydrogen) atoms. The van der Waals surface area contributed by atoms with E-state index in [2.05, 4.69) is 43.8 Å². The van der Waals surface area contributed by atoms with Gasteiger partial charge in [0.1, 0.15) is 24.0 Å². The van der Waals surface area contributed by atoms with Gasteiger partial charge in [0.2, 0.25) is 0 Å². The number of nitrogens with one attached hydrogen (secondary N) is 1. The zero-order chi connectivity index (χ0) is 23.8. The van der Waals surface area contributed by atoms with E-state index in [0.717, 1.165) is 13.6 Å². The molecule has 168 valence electrons. The van der Waals surface area contributed by atoms with Crippen LogP contribution in [0.1, 0.15) is 18.1 Å². The van der Waals surface area contributed by atoms with Crippen molar-refractivity contribution in [3.63, 3.8) is 0 Å². The van der Waals surface area contributed by atoms with E-state index >= 15 is 0 Å². The molecule has 0 saturated carbocycles. The minimum absolute atomic E-state index is 0.0649. The molecular weight excluding hydrogens is 599 g/mol. The highest BCUT2D eigenvalue weighted by molar-refractivity contribution is 14.1. The number of carbonyl (C=O) groups is 1. The fourth-order valence-corrected chi connectivity index (χ4v) is 3.91. The first-order valence-electron chi connectivity index (χ1n) is 9.95. The molecule has 0 heterocycles. The maximum absolute atomic E-state index is 12.6. The van der Waals surface area contributed by atoms with E-state index in [1.807, 2.05) is 43.3 Å². The highest BCUT2D eigenvalue weighted by Crippen LogP contribution is 2.35. The molecule has 8 heteroatoms. The molecule has 0 unspecified atom stereocenters. The second-order valence-corrected chi connectivity index (χ2v) is 8.93. The molecule has 0 radical (unpaired) electrons. The quantitative estimate of drug-likeness (QED) is 0.134. The third-order valence-electron chi connectivity index (χ3n) is 4.43. The Kier molecular flexibility index (Phi) is 8.74. The standard InChI is InChI=1S/C25H20BrIN2O4/c1-2-32-23-13-17(11-18(14-28)25(31)29-20-7-9-21(30)10-8-20)12-22(27)24(23)33-15-16-3-5-19(26)6-4-16/h3-13,30H,2,15H2,1H3,(H,29,31)/b18-11-. The third kappa shape index (κ3) is 6.97. The highest BCUT2D eigenvalue weighted by Gasteiger charge is 2.15. The number of rotatable bonds is 8. The summed E-state index contributed by atoms with van der Waals surface area (Å²) in [5, 5.41) is 21.5. The average Bonchev–Trinajstić information content (AvgIpc) is 2.79. The predicted molar refractivity (Wildman–Crippen MR) is 139 cm³/mol. The summed E-state index contributed by atoms with van der Waals surface area (Å²) in [6.45, 7) is 2.68. The van der Waals surface area contributed by atoms with Crippen LogP contribution in [-0.2, 0) is 11.4 Å². The van der Waals surface area contributed by atoms with Crippen LogP contribution in [0.5, 0.6) is 17.2 Å². The lowest BCUT2D eigenvalue weighted by Gasteiger charge is -2.15. The van der Waals surface area contributed by atoms with Gasteiger partial charge in [-0.25, -0.2) is 0 Å². The van der Waals surface area contributed by atoms with Gasteiger partial charge in [-0.2, -0.15) is 5.26 Å². The Hall–Kier alpha value is -3.03. The minimum atomic E-state index is -0.549. The number of carbonyl (C=O) groups excluding carboxylic acids is 1. The number of phenolic OH excluding ortho intramolecular Hbond substituents is 1. The van der Waals surface area contributed by atoms with Crippen molar-refractivity contribution in [2.24, 2.45) is 0 Å². The highest BCUT2D eigenvalue weighted by atomic mass is 127. The smallest absolute Gasteiger partial charge is 0.266 e. The van der Waals surface area contributed by atoms with Crippen molar-refractivity contribution in [2.45, 2.75) is 13.5 Å². The molecule has 3 aromatic rings. The van der Waals surface area contributed by atoms with E-state index in [9.17, 15) is 15.2 Å². The number of ether oxygens (including phenoxy) is 2. The molecule has 3 aromatic carbocycles. The number of anilines is 1. The first kappa shape index (κ1) is 24.6. The number of nitrogens with zero attached hydrogens (tertiary/aromatic N) is 1. The van der Waals surface area contributed by atoms with Crippen LogP contribution in [0.15, 0.2) is 70.7 Å². The van der Waals surface area contributed by atoms with Gasteiger partial charge in [-0.1, -0.05) is 28.1 Å². The van der Waals surface area contributed by atoms with E-state index in [4.69, 9.17) is 9.47 Å².